The number of aromatic nitrogens is 2. The maximum absolute atomic E-state index is 9.62. The molecule has 0 spiro atoms. The molecule has 1 aliphatic rings. The lowest BCUT2D eigenvalue weighted by Gasteiger charge is -2.22. The number of hydrogen-bond acceptors (Lipinski definition) is 6. The van der Waals surface area contributed by atoms with Crippen molar-refractivity contribution in [3.05, 3.63) is 29.7 Å². The molecule has 3 N–H and O–H groups in total. The minimum atomic E-state index is -0.193. The summed E-state index contributed by atoms with van der Waals surface area (Å²) >= 11 is 0. The predicted octanol–water partition coefficient (Wildman–Crippen LogP) is 3.57. The number of nitrogens with one attached hydrogen (secondary N) is 2. The van der Waals surface area contributed by atoms with E-state index in [0.29, 0.717) is 11.7 Å². The zero-order valence-electron chi connectivity index (χ0n) is 14.1. The van der Waals surface area contributed by atoms with Gasteiger partial charge >= 0.3 is 0 Å². The summed E-state index contributed by atoms with van der Waals surface area (Å²) in [6.07, 6.45) is 4.49. The summed E-state index contributed by atoms with van der Waals surface area (Å²) in [6, 6.07) is 6.03. The van der Waals surface area contributed by atoms with Crippen molar-refractivity contribution in [1.29, 1.82) is 5.41 Å². The lowest BCUT2D eigenvalue weighted by Crippen LogP contribution is -2.17. The Morgan fingerprint density at radius 2 is 2.04 bits per heavy atom. The molecule has 0 bridgehead atoms. The van der Waals surface area contributed by atoms with Gasteiger partial charge in [0.25, 0.3) is 0 Å². The average Bonchev–Trinajstić information content (AvgIpc) is 3.05. The van der Waals surface area contributed by atoms with E-state index in [0.717, 1.165) is 42.5 Å². The van der Waals surface area contributed by atoms with E-state index in [1.165, 1.54) is 6.21 Å². The first kappa shape index (κ1) is 16.6. The first-order chi connectivity index (χ1) is 11.6. The van der Waals surface area contributed by atoms with Crippen molar-refractivity contribution < 1.29 is 9.63 Å². The maximum Gasteiger partial charge on any atom is 0.230 e. The number of anilines is 1. The van der Waals surface area contributed by atoms with E-state index >= 15 is 0 Å². The van der Waals surface area contributed by atoms with Crippen LogP contribution in [0.2, 0.25) is 0 Å². The summed E-state index contributed by atoms with van der Waals surface area (Å²) in [5.41, 5.74) is 2.59. The number of aliphatic hydroxyl groups is 1. The van der Waals surface area contributed by atoms with Crippen LogP contribution in [0, 0.1) is 5.41 Å². The molecule has 0 aliphatic heterocycles. The summed E-state index contributed by atoms with van der Waals surface area (Å²) in [6.45, 7) is 4.12. The van der Waals surface area contributed by atoms with Crippen molar-refractivity contribution in [2.24, 2.45) is 0 Å². The molecule has 1 aromatic heterocycles. The highest BCUT2D eigenvalue weighted by Gasteiger charge is 2.25. The van der Waals surface area contributed by atoms with Crippen LogP contribution >= 0.6 is 0 Å². The number of rotatable bonds is 5. The molecule has 128 valence electrons. The van der Waals surface area contributed by atoms with Gasteiger partial charge in [0.05, 0.1) is 6.10 Å². The highest BCUT2D eigenvalue weighted by atomic mass is 16.5. The molecule has 2 aromatic rings. The Balaban J connectivity index is 1.83. The van der Waals surface area contributed by atoms with Crippen LogP contribution in [0.1, 0.15) is 56.9 Å². The molecule has 1 heterocycles. The van der Waals surface area contributed by atoms with Gasteiger partial charge in [0.1, 0.15) is 0 Å². The van der Waals surface area contributed by atoms with Gasteiger partial charge in [-0.05, 0) is 45.6 Å². The Morgan fingerprint density at radius 3 is 2.71 bits per heavy atom. The van der Waals surface area contributed by atoms with E-state index in [1.54, 1.807) is 0 Å². The third-order valence-corrected chi connectivity index (χ3v) is 4.40. The second-order valence-electron chi connectivity index (χ2n) is 6.71. The van der Waals surface area contributed by atoms with E-state index < -0.39 is 0 Å². The molecule has 6 heteroatoms. The second-order valence-corrected chi connectivity index (χ2v) is 6.71. The van der Waals surface area contributed by atoms with Crippen LogP contribution in [0.4, 0.5) is 5.69 Å². The van der Waals surface area contributed by atoms with Crippen LogP contribution in [0.15, 0.2) is 22.7 Å². The largest absolute Gasteiger partial charge is 0.393 e. The fourth-order valence-corrected chi connectivity index (χ4v) is 3.10. The predicted molar refractivity (Wildman–Crippen MR) is 93.6 cm³/mol. The Morgan fingerprint density at radius 1 is 1.29 bits per heavy atom. The molecular weight excluding hydrogens is 304 g/mol. The second kappa shape index (κ2) is 7.13. The van der Waals surface area contributed by atoms with Crippen LogP contribution in [-0.4, -0.2) is 33.6 Å². The van der Waals surface area contributed by atoms with Crippen molar-refractivity contribution in [3.63, 3.8) is 0 Å². The SMILES string of the molecule is CC(C)Nc1cc(-c2noc([C@H]3CC[C@@H](O)CC3)n2)ccc1C=N. The fraction of sp³-hybridized carbons (Fsp3) is 0.500. The quantitative estimate of drug-likeness (QED) is 0.729. The molecular formula is C18H24N4O2. The summed E-state index contributed by atoms with van der Waals surface area (Å²) in [5, 5.41) is 24.6. The number of benzene rings is 1. The summed E-state index contributed by atoms with van der Waals surface area (Å²) in [7, 11) is 0. The highest BCUT2D eigenvalue weighted by molar-refractivity contribution is 5.87. The van der Waals surface area contributed by atoms with Gasteiger partial charge in [0, 0.05) is 35.0 Å². The van der Waals surface area contributed by atoms with E-state index in [4.69, 9.17) is 9.93 Å². The smallest absolute Gasteiger partial charge is 0.230 e. The third-order valence-electron chi connectivity index (χ3n) is 4.40. The summed E-state index contributed by atoms with van der Waals surface area (Å²) < 4.78 is 5.46. The van der Waals surface area contributed by atoms with Crippen LogP contribution in [-0.2, 0) is 0 Å². The molecule has 0 atom stereocenters. The molecule has 24 heavy (non-hydrogen) atoms. The lowest BCUT2D eigenvalue weighted by atomic mass is 9.87. The maximum atomic E-state index is 9.62. The first-order valence-electron chi connectivity index (χ1n) is 8.50. The Labute approximate surface area is 141 Å². The van der Waals surface area contributed by atoms with Gasteiger partial charge in [-0.25, -0.2) is 0 Å². The van der Waals surface area contributed by atoms with E-state index in [2.05, 4.69) is 29.3 Å². The first-order valence-corrected chi connectivity index (χ1v) is 8.50. The van der Waals surface area contributed by atoms with E-state index in [-0.39, 0.29) is 18.1 Å². The topological polar surface area (TPSA) is 95.0 Å². The molecule has 0 amide bonds. The minimum absolute atomic E-state index is 0.193. The van der Waals surface area contributed by atoms with Gasteiger partial charge in [0.15, 0.2) is 0 Å². The Hall–Kier alpha value is -2.21. The van der Waals surface area contributed by atoms with Crippen molar-refractivity contribution in [2.45, 2.75) is 57.6 Å². The monoisotopic (exact) mass is 328 g/mol. The highest BCUT2D eigenvalue weighted by Crippen LogP contribution is 2.33. The molecule has 0 unspecified atom stereocenters. The Kier molecular flexibility index (Phi) is 4.94. The van der Waals surface area contributed by atoms with Crippen LogP contribution in [0.5, 0.6) is 0 Å². The fourth-order valence-electron chi connectivity index (χ4n) is 3.10. The van der Waals surface area contributed by atoms with Crippen molar-refractivity contribution in [2.75, 3.05) is 5.32 Å². The van der Waals surface area contributed by atoms with E-state index in [1.807, 2.05) is 18.2 Å². The molecule has 3 rings (SSSR count). The number of aliphatic hydroxyl groups excluding tert-OH is 1. The molecule has 0 radical (unpaired) electrons. The van der Waals surface area contributed by atoms with Crippen molar-refractivity contribution >= 4 is 11.9 Å². The van der Waals surface area contributed by atoms with E-state index in [9.17, 15) is 5.11 Å². The van der Waals surface area contributed by atoms with Crippen LogP contribution < -0.4 is 5.32 Å². The molecule has 1 aromatic carbocycles. The van der Waals surface area contributed by atoms with Gasteiger partial charge in [-0.1, -0.05) is 17.3 Å². The van der Waals surface area contributed by atoms with Crippen molar-refractivity contribution in [3.8, 4) is 11.4 Å². The summed E-state index contributed by atoms with van der Waals surface area (Å²) in [4.78, 5) is 4.56. The molecule has 1 aliphatic carbocycles. The van der Waals surface area contributed by atoms with Gasteiger partial charge in [-0.15, -0.1) is 0 Å². The zero-order valence-corrected chi connectivity index (χ0v) is 14.1. The van der Waals surface area contributed by atoms with Crippen molar-refractivity contribution in [1.82, 2.24) is 10.1 Å². The normalized spacial score (nSPS) is 21.0. The molecule has 0 saturated heterocycles. The minimum Gasteiger partial charge on any atom is -0.393 e. The average molecular weight is 328 g/mol. The zero-order chi connectivity index (χ0) is 17.1. The summed E-state index contributed by atoms with van der Waals surface area (Å²) in [5.74, 6) is 1.47. The van der Waals surface area contributed by atoms with Gasteiger partial charge in [-0.2, -0.15) is 4.98 Å². The number of nitrogens with zero attached hydrogens (tertiary/aromatic N) is 2. The van der Waals surface area contributed by atoms with Gasteiger partial charge in [0.2, 0.25) is 11.7 Å². The molecule has 1 saturated carbocycles. The molecule has 6 nitrogen and oxygen atoms in total. The number of hydrogen-bond donors (Lipinski definition) is 3. The van der Waals surface area contributed by atoms with Gasteiger partial charge < -0.3 is 20.4 Å². The Bertz CT molecular complexity index is 703. The standard InChI is InChI=1S/C18H24N4O2/c1-11(2)20-16-9-13(3-4-14(16)10-19)17-21-18(24-22-17)12-5-7-15(23)8-6-12/h3-4,9-12,15,19-20,23H,5-8H2,1-2H3/t12-,15+. The molecule has 1 fully saturated rings. The van der Waals surface area contributed by atoms with Gasteiger partial charge in [-0.3, -0.25) is 0 Å². The lowest BCUT2D eigenvalue weighted by molar-refractivity contribution is 0.116. The third kappa shape index (κ3) is 3.64. The van der Waals surface area contributed by atoms with Crippen LogP contribution in [0.25, 0.3) is 11.4 Å². The van der Waals surface area contributed by atoms with Crippen LogP contribution in [0.3, 0.4) is 0 Å².